The Balaban J connectivity index is 2.46. The zero-order valence-electron chi connectivity index (χ0n) is 9.52. The largest absolute Gasteiger partial charge is 0.477 e. The van der Waals surface area contributed by atoms with Crippen LogP contribution in [0.4, 0.5) is 13.2 Å². The summed E-state index contributed by atoms with van der Waals surface area (Å²) in [5.74, 6) is -1.22. The van der Waals surface area contributed by atoms with Crippen LogP contribution in [-0.2, 0) is 6.18 Å². The van der Waals surface area contributed by atoms with E-state index < -0.39 is 17.7 Å². The zero-order chi connectivity index (χ0) is 14.2. The van der Waals surface area contributed by atoms with Gasteiger partial charge in [0.25, 0.3) is 0 Å². The van der Waals surface area contributed by atoms with Gasteiger partial charge in [0.15, 0.2) is 0 Å². The van der Waals surface area contributed by atoms with Crippen molar-refractivity contribution >= 4 is 5.97 Å². The summed E-state index contributed by atoms with van der Waals surface area (Å²) in [7, 11) is 0. The quantitative estimate of drug-likeness (QED) is 0.909. The number of hydrogen-bond acceptors (Lipinski definition) is 4. The first-order valence-electron chi connectivity index (χ1n) is 5.04. The second kappa shape index (κ2) is 4.38. The molecule has 2 heterocycles. The lowest BCUT2D eigenvalue weighted by Gasteiger charge is -2.05. The van der Waals surface area contributed by atoms with Crippen LogP contribution in [0.2, 0.25) is 0 Å². The first-order valence-corrected chi connectivity index (χ1v) is 5.04. The van der Waals surface area contributed by atoms with Crippen molar-refractivity contribution < 1.29 is 27.6 Å². The van der Waals surface area contributed by atoms with E-state index >= 15 is 0 Å². The van der Waals surface area contributed by atoms with E-state index in [2.05, 4.69) is 10.1 Å². The summed E-state index contributed by atoms with van der Waals surface area (Å²) >= 11 is 0. The molecule has 0 saturated carbocycles. The van der Waals surface area contributed by atoms with Gasteiger partial charge in [-0.15, -0.1) is 0 Å². The minimum atomic E-state index is -4.50. The number of carboxylic acid groups (broad SMARTS) is 1. The minimum absolute atomic E-state index is 0.00208. The van der Waals surface area contributed by atoms with Crippen molar-refractivity contribution in [3.63, 3.8) is 0 Å². The molecule has 0 fully saturated rings. The Kier molecular flexibility index (Phi) is 3.01. The molecule has 100 valence electrons. The highest BCUT2D eigenvalue weighted by atomic mass is 19.4. The van der Waals surface area contributed by atoms with Crippen LogP contribution in [-0.4, -0.2) is 21.2 Å². The maximum atomic E-state index is 12.4. The van der Waals surface area contributed by atoms with E-state index in [1.807, 2.05) is 0 Å². The first kappa shape index (κ1) is 13.1. The molecule has 0 aliphatic rings. The molecule has 0 aliphatic carbocycles. The van der Waals surface area contributed by atoms with Crippen LogP contribution >= 0.6 is 0 Å². The third-order valence-corrected chi connectivity index (χ3v) is 2.41. The summed E-state index contributed by atoms with van der Waals surface area (Å²) in [6.07, 6.45) is -3.88. The Bertz CT molecular complexity index is 617. The highest BCUT2D eigenvalue weighted by molar-refractivity contribution is 5.95. The number of rotatable bonds is 2. The predicted molar refractivity (Wildman–Crippen MR) is 56.4 cm³/mol. The molecule has 0 spiro atoms. The van der Waals surface area contributed by atoms with Crippen LogP contribution in [0.25, 0.3) is 11.4 Å². The Morgan fingerprint density at radius 2 is 2.05 bits per heavy atom. The highest BCUT2D eigenvalue weighted by Crippen LogP contribution is 2.30. The van der Waals surface area contributed by atoms with Gasteiger partial charge in [0.1, 0.15) is 17.0 Å². The normalized spacial score (nSPS) is 11.6. The maximum absolute atomic E-state index is 12.4. The van der Waals surface area contributed by atoms with Gasteiger partial charge in [-0.3, -0.25) is 4.98 Å². The van der Waals surface area contributed by atoms with Gasteiger partial charge in [-0.25, -0.2) is 4.79 Å². The van der Waals surface area contributed by atoms with E-state index in [-0.39, 0.29) is 22.7 Å². The van der Waals surface area contributed by atoms with Crippen LogP contribution in [0, 0.1) is 6.92 Å². The van der Waals surface area contributed by atoms with Crippen LogP contribution in [0.15, 0.2) is 22.9 Å². The molecule has 0 bridgehead atoms. The molecule has 2 aromatic rings. The van der Waals surface area contributed by atoms with Crippen molar-refractivity contribution in [1.29, 1.82) is 0 Å². The molecule has 1 N–H and O–H groups in total. The second-order valence-corrected chi connectivity index (χ2v) is 3.70. The molecule has 5 nitrogen and oxygen atoms in total. The van der Waals surface area contributed by atoms with Gasteiger partial charge in [0.2, 0.25) is 0 Å². The summed E-state index contributed by atoms with van der Waals surface area (Å²) in [5.41, 5.74) is -1.23. The maximum Gasteiger partial charge on any atom is 0.417 e. The molecule has 0 unspecified atom stereocenters. The third-order valence-electron chi connectivity index (χ3n) is 2.41. The van der Waals surface area contributed by atoms with Gasteiger partial charge < -0.3 is 9.63 Å². The summed E-state index contributed by atoms with van der Waals surface area (Å²) in [4.78, 5) is 14.6. The summed E-state index contributed by atoms with van der Waals surface area (Å²) in [6, 6.07) is 1.85. The van der Waals surface area contributed by atoms with E-state index in [0.29, 0.717) is 6.20 Å². The fourth-order valence-corrected chi connectivity index (χ4v) is 1.50. The van der Waals surface area contributed by atoms with E-state index in [1.54, 1.807) is 0 Å². The second-order valence-electron chi connectivity index (χ2n) is 3.70. The number of pyridine rings is 1. The zero-order valence-corrected chi connectivity index (χ0v) is 9.52. The molecule has 2 aromatic heterocycles. The monoisotopic (exact) mass is 272 g/mol. The van der Waals surface area contributed by atoms with Crippen molar-refractivity contribution in [3.8, 4) is 11.4 Å². The lowest BCUT2D eigenvalue weighted by atomic mass is 10.1. The summed E-state index contributed by atoms with van der Waals surface area (Å²) in [6.45, 7) is 1.39. The predicted octanol–water partition coefficient (Wildman–Crippen LogP) is 2.76. The lowest BCUT2D eigenvalue weighted by Crippen LogP contribution is -2.06. The topological polar surface area (TPSA) is 76.2 Å². The van der Waals surface area contributed by atoms with Crippen molar-refractivity contribution in [2.45, 2.75) is 13.1 Å². The van der Waals surface area contributed by atoms with Crippen molar-refractivity contribution in [2.75, 3.05) is 0 Å². The minimum Gasteiger partial charge on any atom is -0.477 e. The molecule has 19 heavy (non-hydrogen) atoms. The van der Waals surface area contributed by atoms with Crippen LogP contribution in [0.3, 0.4) is 0 Å². The fraction of sp³-hybridized carbons (Fsp3) is 0.182. The van der Waals surface area contributed by atoms with Gasteiger partial charge >= 0.3 is 12.1 Å². The Morgan fingerprint density at radius 3 is 2.53 bits per heavy atom. The standard InChI is InChI=1S/C11H7F3N2O3/c1-5-8(10(17)18)9(16-19-5)7-3-2-6(4-15-7)11(12,13)14/h2-4H,1H3,(H,17,18). The summed E-state index contributed by atoms with van der Waals surface area (Å²) < 4.78 is 41.8. The van der Waals surface area contributed by atoms with Gasteiger partial charge in [-0.05, 0) is 19.1 Å². The molecular weight excluding hydrogens is 265 g/mol. The average Bonchev–Trinajstić information content (AvgIpc) is 2.70. The third kappa shape index (κ3) is 2.42. The number of aromatic nitrogens is 2. The number of aryl methyl sites for hydroxylation is 1. The number of halogens is 3. The molecule has 0 saturated heterocycles. The SMILES string of the molecule is Cc1onc(-c2ccc(C(F)(F)F)cn2)c1C(=O)O. The fourth-order valence-electron chi connectivity index (χ4n) is 1.50. The van der Waals surface area contributed by atoms with E-state index in [0.717, 1.165) is 12.1 Å². The van der Waals surface area contributed by atoms with E-state index in [4.69, 9.17) is 9.63 Å². The average molecular weight is 272 g/mol. The smallest absolute Gasteiger partial charge is 0.417 e. The van der Waals surface area contributed by atoms with Crippen LogP contribution in [0.5, 0.6) is 0 Å². The molecule has 0 aliphatic heterocycles. The lowest BCUT2D eigenvalue weighted by molar-refractivity contribution is -0.137. The number of carbonyl (C=O) groups is 1. The summed E-state index contributed by atoms with van der Waals surface area (Å²) in [5, 5.41) is 12.5. The van der Waals surface area contributed by atoms with Crippen molar-refractivity contribution in [3.05, 3.63) is 35.2 Å². The first-order chi connectivity index (χ1) is 8.80. The van der Waals surface area contributed by atoms with Crippen molar-refractivity contribution in [2.24, 2.45) is 0 Å². The molecular formula is C11H7F3N2O3. The Labute approximate surface area is 104 Å². The van der Waals surface area contributed by atoms with Crippen molar-refractivity contribution in [1.82, 2.24) is 10.1 Å². The molecule has 0 radical (unpaired) electrons. The van der Waals surface area contributed by atoms with E-state index in [9.17, 15) is 18.0 Å². The van der Waals surface area contributed by atoms with Crippen LogP contribution < -0.4 is 0 Å². The number of carboxylic acids is 1. The molecule has 0 aromatic carbocycles. The molecule has 8 heteroatoms. The van der Waals surface area contributed by atoms with Gasteiger partial charge in [-0.1, -0.05) is 5.16 Å². The van der Waals surface area contributed by atoms with Gasteiger partial charge in [0.05, 0.1) is 11.3 Å². The van der Waals surface area contributed by atoms with E-state index in [1.165, 1.54) is 6.92 Å². The van der Waals surface area contributed by atoms with Gasteiger partial charge in [0, 0.05) is 6.20 Å². The molecule has 0 amide bonds. The highest BCUT2D eigenvalue weighted by Gasteiger charge is 2.31. The Morgan fingerprint density at radius 1 is 1.37 bits per heavy atom. The number of alkyl halides is 3. The number of hydrogen-bond donors (Lipinski definition) is 1. The number of nitrogens with zero attached hydrogens (tertiary/aromatic N) is 2. The van der Waals surface area contributed by atoms with Gasteiger partial charge in [-0.2, -0.15) is 13.2 Å². The number of aromatic carboxylic acids is 1. The Hall–Kier alpha value is -2.38. The van der Waals surface area contributed by atoms with Crippen LogP contribution in [0.1, 0.15) is 21.7 Å². The molecule has 2 rings (SSSR count). The molecule has 0 atom stereocenters.